The highest BCUT2D eigenvalue weighted by atomic mass is 35.5. The van der Waals surface area contributed by atoms with Gasteiger partial charge in [0, 0.05) is 16.7 Å². The summed E-state index contributed by atoms with van der Waals surface area (Å²) in [4.78, 5) is 17.7. The number of para-hydroxylation sites is 2. The molecule has 5 rings (SSSR count). The summed E-state index contributed by atoms with van der Waals surface area (Å²) in [6, 6.07) is 33.6. The third-order valence-corrected chi connectivity index (χ3v) is 5.86. The van der Waals surface area contributed by atoms with Crippen LogP contribution in [0.25, 0.3) is 22.9 Å². The van der Waals surface area contributed by atoms with Crippen molar-refractivity contribution in [1.82, 2.24) is 9.55 Å². The van der Waals surface area contributed by atoms with Crippen LogP contribution in [0.1, 0.15) is 21.7 Å². The van der Waals surface area contributed by atoms with Gasteiger partial charge in [0.2, 0.25) is 0 Å². The lowest BCUT2D eigenvalue weighted by molar-refractivity contribution is 0.0693. The van der Waals surface area contributed by atoms with E-state index < -0.39 is 5.97 Å². The molecule has 1 heterocycles. The molecule has 0 radical (unpaired) electrons. The van der Waals surface area contributed by atoms with Crippen LogP contribution in [0.4, 0.5) is 0 Å². The predicted octanol–water partition coefficient (Wildman–Crippen LogP) is 7.12. The first kappa shape index (κ1) is 23.4. The number of benzene rings is 4. The molecule has 0 saturated carbocycles. The molecule has 0 atom stereocenters. The zero-order valence-electron chi connectivity index (χ0n) is 19.4. The van der Waals surface area contributed by atoms with Crippen molar-refractivity contribution >= 4 is 40.4 Å². The number of nitrogens with zero attached hydrogens (tertiary/aromatic N) is 2. The van der Waals surface area contributed by atoms with Gasteiger partial charge < -0.3 is 14.0 Å². The number of ether oxygens (including phenoxy) is 2. The molecule has 0 spiro atoms. The minimum Gasteiger partial charge on any atom is -0.492 e. The third-order valence-electron chi connectivity index (χ3n) is 5.61. The summed E-state index contributed by atoms with van der Waals surface area (Å²) in [5.41, 5.74) is 3.06. The Morgan fingerprint density at radius 2 is 1.44 bits per heavy atom. The number of rotatable bonds is 8. The van der Waals surface area contributed by atoms with E-state index in [1.165, 1.54) is 0 Å². The Labute approximate surface area is 214 Å². The van der Waals surface area contributed by atoms with Gasteiger partial charge >= 0.3 is 5.97 Å². The molecule has 0 aliphatic rings. The van der Waals surface area contributed by atoms with Gasteiger partial charge in [0.25, 0.3) is 0 Å². The van der Waals surface area contributed by atoms with E-state index in [-0.39, 0.29) is 0 Å². The molecular formula is C30H23ClN2O3. The van der Waals surface area contributed by atoms with Crippen molar-refractivity contribution in [2.45, 2.75) is 6.54 Å². The summed E-state index contributed by atoms with van der Waals surface area (Å²) >= 11 is 5.98. The molecule has 0 aliphatic heterocycles. The molecule has 6 heteroatoms. The van der Waals surface area contributed by atoms with E-state index in [1.807, 2.05) is 84.9 Å². The van der Waals surface area contributed by atoms with Gasteiger partial charge in [-0.25, -0.2) is 9.78 Å². The first-order valence-electron chi connectivity index (χ1n) is 11.6. The lowest BCUT2D eigenvalue weighted by Crippen LogP contribution is -2.10. The van der Waals surface area contributed by atoms with Crippen LogP contribution in [0.15, 0.2) is 109 Å². The number of carbonyl (C=O) groups excluding carboxylic acids is 1. The van der Waals surface area contributed by atoms with E-state index >= 15 is 0 Å². The Morgan fingerprint density at radius 3 is 2.17 bits per heavy atom. The number of hydrogen-bond donors (Lipinski definition) is 0. The Morgan fingerprint density at radius 1 is 0.806 bits per heavy atom. The summed E-state index contributed by atoms with van der Waals surface area (Å²) in [5, 5.41) is 0.661. The Kier molecular flexibility index (Phi) is 7.10. The van der Waals surface area contributed by atoms with Crippen molar-refractivity contribution in [2.24, 2.45) is 0 Å². The minimum atomic E-state index is -0.431. The van der Waals surface area contributed by atoms with E-state index in [0.717, 1.165) is 22.3 Å². The van der Waals surface area contributed by atoms with Crippen LogP contribution in [0.2, 0.25) is 5.02 Å². The summed E-state index contributed by atoms with van der Waals surface area (Å²) in [7, 11) is 0. The normalized spacial score (nSPS) is 11.4. The van der Waals surface area contributed by atoms with Crippen molar-refractivity contribution in [3.05, 3.63) is 131 Å². The fraction of sp³-hybridized carbons (Fsp3) is 0.0667. The molecule has 5 aromatic rings. The van der Waals surface area contributed by atoms with Gasteiger partial charge in [0.05, 0.1) is 23.1 Å². The fourth-order valence-electron chi connectivity index (χ4n) is 3.85. The molecule has 4 aromatic carbocycles. The summed E-state index contributed by atoms with van der Waals surface area (Å²) < 4.78 is 13.9. The molecule has 0 aliphatic carbocycles. The molecule has 0 amide bonds. The lowest BCUT2D eigenvalue weighted by Gasteiger charge is -2.12. The molecule has 0 saturated heterocycles. The maximum Gasteiger partial charge on any atom is 0.343 e. The molecule has 0 fully saturated rings. The van der Waals surface area contributed by atoms with E-state index in [4.69, 9.17) is 26.1 Å². The minimum absolute atomic E-state index is 0.416. The van der Waals surface area contributed by atoms with Gasteiger partial charge in [-0.15, -0.1) is 0 Å². The number of hydrogen-bond acceptors (Lipinski definition) is 4. The van der Waals surface area contributed by atoms with Crippen LogP contribution in [0, 0.1) is 0 Å². The highest BCUT2D eigenvalue weighted by molar-refractivity contribution is 6.30. The molecule has 36 heavy (non-hydrogen) atoms. The van der Waals surface area contributed by atoms with E-state index in [1.54, 1.807) is 30.3 Å². The Bertz CT molecular complexity index is 1490. The number of fused-ring (bicyclic) bond motifs is 1. The van der Waals surface area contributed by atoms with E-state index in [0.29, 0.717) is 35.3 Å². The van der Waals surface area contributed by atoms with Gasteiger partial charge in [-0.1, -0.05) is 72.3 Å². The zero-order chi connectivity index (χ0) is 24.7. The summed E-state index contributed by atoms with van der Waals surface area (Å²) in [6.07, 6.45) is 1.80. The second-order valence-corrected chi connectivity index (χ2v) is 8.48. The molecule has 1 aromatic heterocycles. The number of aromatic nitrogens is 2. The number of carbonyl (C=O) groups is 1. The largest absolute Gasteiger partial charge is 0.492 e. The quantitative estimate of drug-likeness (QED) is 0.170. The second kappa shape index (κ2) is 10.9. The SMILES string of the molecule is O=C(OC(=Cc1nc2ccccc2n1CCOc1ccc(Cl)cc1)c1ccccc1)c1ccccc1. The van der Waals surface area contributed by atoms with Crippen molar-refractivity contribution in [2.75, 3.05) is 6.61 Å². The Balaban J connectivity index is 1.48. The zero-order valence-corrected chi connectivity index (χ0v) is 20.1. The number of esters is 1. The monoisotopic (exact) mass is 494 g/mol. The van der Waals surface area contributed by atoms with Crippen LogP contribution in [-0.4, -0.2) is 22.1 Å². The molecule has 178 valence electrons. The topological polar surface area (TPSA) is 53.3 Å². The fourth-order valence-corrected chi connectivity index (χ4v) is 3.98. The lowest BCUT2D eigenvalue weighted by atomic mass is 10.1. The Hall–Kier alpha value is -4.35. The van der Waals surface area contributed by atoms with Crippen LogP contribution in [0.5, 0.6) is 5.75 Å². The highest BCUT2D eigenvalue weighted by Gasteiger charge is 2.15. The van der Waals surface area contributed by atoms with Crippen molar-refractivity contribution in [3.8, 4) is 5.75 Å². The number of halogens is 1. The molecule has 5 nitrogen and oxygen atoms in total. The first-order valence-corrected chi connectivity index (χ1v) is 11.9. The molecule has 0 N–H and O–H groups in total. The van der Waals surface area contributed by atoms with Crippen LogP contribution < -0.4 is 4.74 Å². The average Bonchev–Trinajstić information content (AvgIpc) is 3.27. The van der Waals surface area contributed by atoms with Gasteiger partial charge in [-0.3, -0.25) is 0 Å². The van der Waals surface area contributed by atoms with E-state index in [9.17, 15) is 4.79 Å². The maximum atomic E-state index is 12.9. The standard InChI is InChI=1S/C30H23ClN2O3/c31-24-15-17-25(18-16-24)35-20-19-33-27-14-8-7-13-26(27)32-29(33)21-28(22-9-3-1-4-10-22)36-30(34)23-11-5-2-6-12-23/h1-18,21H,19-20H2. The maximum absolute atomic E-state index is 12.9. The van der Waals surface area contributed by atoms with Crippen LogP contribution in [0.3, 0.4) is 0 Å². The first-order chi connectivity index (χ1) is 17.7. The van der Waals surface area contributed by atoms with Crippen LogP contribution in [-0.2, 0) is 11.3 Å². The van der Waals surface area contributed by atoms with E-state index in [2.05, 4.69) is 4.57 Å². The van der Waals surface area contributed by atoms with Crippen molar-refractivity contribution in [3.63, 3.8) is 0 Å². The van der Waals surface area contributed by atoms with Gasteiger partial charge in [0.1, 0.15) is 23.9 Å². The van der Waals surface area contributed by atoms with Crippen molar-refractivity contribution < 1.29 is 14.3 Å². The second-order valence-electron chi connectivity index (χ2n) is 8.04. The van der Waals surface area contributed by atoms with Crippen molar-refractivity contribution in [1.29, 1.82) is 0 Å². The van der Waals surface area contributed by atoms with Crippen LogP contribution >= 0.6 is 11.6 Å². The van der Waals surface area contributed by atoms with Gasteiger partial charge in [-0.05, 0) is 48.5 Å². The van der Waals surface area contributed by atoms with Gasteiger partial charge in [-0.2, -0.15) is 0 Å². The third kappa shape index (κ3) is 5.48. The predicted molar refractivity (Wildman–Crippen MR) is 143 cm³/mol. The smallest absolute Gasteiger partial charge is 0.343 e. The average molecular weight is 495 g/mol. The number of imidazole rings is 1. The molecular weight excluding hydrogens is 472 g/mol. The summed E-state index contributed by atoms with van der Waals surface area (Å²) in [6.45, 7) is 0.969. The molecule has 0 unspecified atom stereocenters. The summed E-state index contributed by atoms with van der Waals surface area (Å²) in [5.74, 6) is 1.39. The van der Waals surface area contributed by atoms with Gasteiger partial charge in [0.15, 0.2) is 0 Å². The highest BCUT2D eigenvalue weighted by Crippen LogP contribution is 2.24. The molecule has 0 bridgehead atoms.